The van der Waals surface area contributed by atoms with Crippen LogP contribution in [0.3, 0.4) is 0 Å². The van der Waals surface area contributed by atoms with Crippen molar-refractivity contribution >= 4 is 22.7 Å². The van der Waals surface area contributed by atoms with E-state index in [9.17, 15) is 0 Å². The van der Waals surface area contributed by atoms with Gasteiger partial charge in [-0.3, -0.25) is 10.00 Å². The molecule has 7 nitrogen and oxygen atoms in total. The normalized spacial score (nSPS) is 15.1. The Morgan fingerprint density at radius 1 is 0.862 bits per heavy atom. The van der Waals surface area contributed by atoms with Crippen LogP contribution in [0, 0.1) is 0 Å². The fourth-order valence-corrected chi connectivity index (χ4v) is 3.85. The molecule has 146 valence electrons. The van der Waals surface area contributed by atoms with Crippen LogP contribution in [-0.4, -0.2) is 51.2 Å². The predicted octanol–water partition coefficient (Wildman–Crippen LogP) is 2.92. The minimum Gasteiger partial charge on any atom is -0.383 e. The van der Waals surface area contributed by atoms with Crippen LogP contribution in [0.1, 0.15) is 5.56 Å². The molecule has 1 fully saturated rings. The number of hydrogen-bond acceptors (Lipinski definition) is 6. The SMILES string of the molecule is Nc1nc(-c2ccccc2)nc2[nH]nc(N3CCN(Cc4ccccc4)CC3)c12. The first-order chi connectivity index (χ1) is 14.3. The molecule has 0 bridgehead atoms. The molecule has 1 aliphatic rings. The molecule has 0 saturated carbocycles. The lowest BCUT2D eigenvalue weighted by Crippen LogP contribution is -2.46. The number of fused-ring (bicyclic) bond motifs is 1. The van der Waals surface area contributed by atoms with E-state index in [0.29, 0.717) is 17.3 Å². The number of anilines is 2. The molecule has 3 heterocycles. The van der Waals surface area contributed by atoms with Crippen molar-refractivity contribution in [2.45, 2.75) is 6.54 Å². The Kier molecular flexibility index (Phi) is 4.57. The second-order valence-corrected chi connectivity index (χ2v) is 7.32. The number of aromatic nitrogens is 4. The number of nitrogens with two attached hydrogens (primary N) is 1. The van der Waals surface area contributed by atoms with E-state index in [1.165, 1.54) is 5.56 Å². The summed E-state index contributed by atoms with van der Waals surface area (Å²) in [6.07, 6.45) is 0. The number of nitrogen functional groups attached to an aromatic ring is 1. The van der Waals surface area contributed by atoms with Crippen LogP contribution in [0.4, 0.5) is 11.6 Å². The largest absolute Gasteiger partial charge is 0.383 e. The van der Waals surface area contributed by atoms with Crippen LogP contribution >= 0.6 is 0 Å². The van der Waals surface area contributed by atoms with Crippen molar-refractivity contribution in [3.8, 4) is 11.4 Å². The number of piperazine rings is 1. The Bertz CT molecular complexity index is 1100. The van der Waals surface area contributed by atoms with Gasteiger partial charge in [0.05, 0.1) is 0 Å². The summed E-state index contributed by atoms with van der Waals surface area (Å²) in [5.74, 6) is 1.92. The minimum absolute atomic E-state index is 0.462. The van der Waals surface area contributed by atoms with E-state index in [1.807, 2.05) is 30.3 Å². The molecule has 1 aliphatic heterocycles. The fraction of sp³-hybridized carbons (Fsp3) is 0.227. The van der Waals surface area contributed by atoms with Crippen molar-refractivity contribution in [1.29, 1.82) is 0 Å². The summed E-state index contributed by atoms with van der Waals surface area (Å²) in [6, 6.07) is 20.4. The zero-order valence-corrected chi connectivity index (χ0v) is 16.1. The third kappa shape index (κ3) is 3.52. The number of H-pyrrole nitrogens is 1. The lowest BCUT2D eigenvalue weighted by molar-refractivity contribution is 0.249. The lowest BCUT2D eigenvalue weighted by Gasteiger charge is -2.35. The van der Waals surface area contributed by atoms with Crippen LogP contribution in [0.2, 0.25) is 0 Å². The van der Waals surface area contributed by atoms with Crippen molar-refractivity contribution < 1.29 is 0 Å². The molecule has 0 radical (unpaired) electrons. The highest BCUT2D eigenvalue weighted by molar-refractivity contribution is 5.97. The molecule has 29 heavy (non-hydrogen) atoms. The van der Waals surface area contributed by atoms with E-state index in [2.05, 4.69) is 60.3 Å². The quantitative estimate of drug-likeness (QED) is 0.562. The third-order valence-corrected chi connectivity index (χ3v) is 5.38. The molecule has 2 aromatic heterocycles. The van der Waals surface area contributed by atoms with Crippen LogP contribution in [-0.2, 0) is 6.54 Å². The van der Waals surface area contributed by atoms with Gasteiger partial charge in [0, 0.05) is 38.3 Å². The van der Waals surface area contributed by atoms with Gasteiger partial charge in [-0.2, -0.15) is 5.10 Å². The smallest absolute Gasteiger partial charge is 0.163 e. The molecular weight excluding hydrogens is 362 g/mol. The van der Waals surface area contributed by atoms with Gasteiger partial charge >= 0.3 is 0 Å². The first-order valence-electron chi connectivity index (χ1n) is 9.86. The number of nitrogens with one attached hydrogen (secondary N) is 1. The number of rotatable bonds is 4. The van der Waals surface area contributed by atoms with E-state index >= 15 is 0 Å². The van der Waals surface area contributed by atoms with Crippen LogP contribution in [0.15, 0.2) is 60.7 Å². The molecule has 0 atom stereocenters. The highest BCUT2D eigenvalue weighted by Crippen LogP contribution is 2.30. The van der Waals surface area contributed by atoms with Gasteiger partial charge in [-0.1, -0.05) is 60.7 Å². The molecule has 0 spiro atoms. The Morgan fingerprint density at radius 3 is 2.28 bits per heavy atom. The zero-order chi connectivity index (χ0) is 19.6. The van der Waals surface area contributed by atoms with Gasteiger partial charge in [0.25, 0.3) is 0 Å². The molecule has 7 heteroatoms. The van der Waals surface area contributed by atoms with E-state index in [0.717, 1.165) is 49.5 Å². The average Bonchev–Trinajstić information content (AvgIpc) is 3.20. The molecule has 4 aromatic rings. The van der Waals surface area contributed by atoms with E-state index < -0.39 is 0 Å². The minimum atomic E-state index is 0.462. The highest BCUT2D eigenvalue weighted by atomic mass is 15.3. The van der Waals surface area contributed by atoms with Gasteiger partial charge in [0.1, 0.15) is 11.2 Å². The summed E-state index contributed by atoms with van der Waals surface area (Å²) >= 11 is 0. The predicted molar refractivity (Wildman–Crippen MR) is 115 cm³/mol. The molecule has 3 N–H and O–H groups in total. The second-order valence-electron chi connectivity index (χ2n) is 7.32. The molecule has 1 saturated heterocycles. The van der Waals surface area contributed by atoms with Crippen molar-refractivity contribution in [1.82, 2.24) is 25.1 Å². The standard InChI is InChI=1S/C22H23N7/c23-19-18-21(25-20(24-19)17-9-5-2-6-10-17)26-27-22(18)29-13-11-28(12-14-29)15-16-7-3-1-4-8-16/h1-10H,11-15H2,(H3,23,24,25,26,27). The van der Waals surface area contributed by atoms with Gasteiger partial charge in [0.15, 0.2) is 17.3 Å². The summed E-state index contributed by atoms with van der Waals surface area (Å²) in [4.78, 5) is 13.9. The summed E-state index contributed by atoms with van der Waals surface area (Å²) in [5, 5.41) is 8.38. The zero-order valence-electron chi connectivity index (χ0n) is 16.1. The first kappa shape index (κ1) is 17.6. The Labute approximate surface area is 169 Å². The molecule has 2 aromatic carbocycles. The Balaban J connectivity index is 1.35. The van der Waals surface area contributed by atoms with Crippen LogP contribution < -0.4 is 10.6 Å². The van der Waals surface area contributed by atoms with Gasteiger partial charge in [-0.05, 0) is 5.56 Å². The van der Waals surface area contributed by atoms with Gasteiger partial charge in [-0.15, -0.1) is 0 Å². The Morgan fingerprint density at radius 2 is 1.55 bits per heavy atom. The molecule has 0 unspecified atom stereocenters. The van der Waals surface area contributed by atoms with Crippen molar-refractivity contribution in [3.05, 3.63) is 66.2 Å². The first-order valence-corrected chi connectivity index (χ1v) is 9.86. The number of benzene rings is 2. The van der Waals surface area contributed by atoms with E-state index in [4.69, 9.17) is 5.73 Å². The van der Waals surface area contributed by atoms with Crippen LogP contribution in [0.25, 0.3) is 22.4 Å². The third-order valence-electron chi connectivity index (χ3n) is 5.38. The summed E-state index contributed by atoms with van der Waals surface area (Å²) in [6.45, 7) is 4.72. The van der Waals surface area contributed by atoms with E-state index in [-0.39, 0.29) is 0 Å². The van der Waals surface area contributed by atoms with Crippen molar-refractivity contribution in [2.75, 3.05) is 36.8 Å². The van der Waals surface area contributed by atoms with Gasteiger partial charge in [0.2, 0.25) is 0 Å². The number of nitrogens with zero attached hydrogens (tertiary/aromatic N) is 5. The Hall–Kier alpha value is -3.45. The molecule has 0 aliphatic carbocycles. The highest BCUT2D eigenvalue weighted by Gasteiger charge is 2.23. The van der Waals surface area contributed by atoms with Gasteiger partial charge < -0.3 is 10.6 Å². The lowest BCUT2D eigenvalue weighted by atomic mass is 10.2. The number of aromatic amines is 1. The monoisotopic (exact) mass is 385 g/mol. The van der Waals surface area contributed by atoms with Crippen molar-refractivity contribution in [2.24, 2.45) is 0 Å². The van der Waals surface area contributed by atoms with Crippen molar-refractivity contribution in [3.63, 3.8) is 0 Å². The summed E-state index contributed by atoms with van der Waals surface area (Å²) in [7, 11) is 0. The summed E-state index contributed by atoms with van der Waals surface area (Å²) in [5.41, 5.74) is 9.29. The maximum Gasteiger partial charge on any atom is 0.163 e. The van der Waals surface area contributed by atoms with Crippen LogP contribution in [0.5, 0.6) is 0 Å². The topological polar surface area (TPSA) is 87.0 Å². The summed E-state index contributed by atoms with van der Waals surface area (Å²) < 4.78 is 0. The average molecular weight is 385 g/mol. The van der Waals surface area contributed by atoms with Gasteiger partial charge in [-0.25, -0.2) is 9.97 Å². The fourth-order valence-electron chi connectivity index (χ4n) is 3.85. The molecule has 5 rings (SSSR count). The molecule has 0 amide bonds. The second kappa shape index (κ2) is 7.52. The maximum absolute atomic E-state index is 6.33. The molecular formula is C22H23N7. The van der Waals surface area contributed by atoms with E-state index in [1.54, 1.807) is 0 Å². The number of hydrogen-bond donors (Lipinski definition) is 2. The maximum atomic E-state index is 6.33.